The first-order valence-electron chi connectivity index (χ1n) is 11.4. The maximum atomic E-state index is 12.3. The summed E-state index contributed by atoms with van der Waals surface area (Å²) in [7, 11) is 0. The molecule has 0 aromatic heterocycles. The molecule has 0 aliphatic carbocycles. The smallest absolute Gasteiger partial charge is 0.331 e. The lowest BCUT2D eigenvalue weighted by Crippen LogP contribution is -2.65. The van der Waals surface area contributed by atoms with Crippen LogP contribution in [0.2, 0.25) is 0 Å². The lowest BCUT2D eigenvalue weighted by molar-refractivity contribution is -0.149. The van der Waals surface area contributed by atoms with Crippen molar-refractivity contribution in [2.75, 3.05) is 13.1 Å². The Bertz CT molecular complexity index is 779. The maximum absolute atomic E-state index is 12.3. The van der Waals surface area contributed by atoms with Crippen molar-refractivity contribution in [1.82, 2.24) is 9.80 Å². The molecule has 1 N–H and O–H groups in total. The van der Waals surface area contributed by atoms with E-state index in [1.165, 1.54) is 51.1 Å². The van der Waals surface area contributed by atoms with Gasteiger partial charge in [0.2, 0.25) is 0 Å². The number of phenolic OH excluding ortho intramolecular Hbond substituents is 1. The van der Waals surface area contributed by atoms with Crippen molar-refractivity contribution in [3.05, 3.63) is 35.9 Å². The minimum atomic E-state index is -0.307. The van der Waals surface area contributed by atoms with Crippen LogP contribution >= 0.6 is 0 Å². The Morgan fingerprint density at radius 2 is 1.66 bits per heavy atom. The van der Waals surface area contributed by atoms with Gasteiger partial charge in [0, 0.05) is 48.8 Å². The number of hydrogen-bond donors (Lipinski definition) is 1. The SMILES string of the molecule is O=C(/C=C\c1ccccc1O)OC1CCN2[C@@H]3C[C@@H](C[C@@H]2C1)N1CCCC[C@@H]1C3. The number of piperidine rings is 4. The van der Waals surface area contributed by atoms with Crippen LogP contribution in [0.25, 0.3) is 6.08 Å². The highest BCUT2D eigenvalue weighted by Gasteiger charge is 2.47. The molecule has 156 valence electrons. The number of rotatable bonds is 3. The molecule has 5 atom stereocenters. The summed E-state index contributed by atoms with van der Waals surface area (Å²) in [6.07, 6.45) is 13.0. The van der Waals surface area contributed by atoms with Gasteiger partial charge in [-0.15, -0.1) is 0 Å². The summed E-state index contributed by atoms with van der Waals surface area (Å²) in [5.41, 5.74) is 0.635. The monoisotopic (exact) mass is 396 g/mol. The van der Waals surface area contributed by atoms with Crippen molar-refractivity contribution in [1.29, 1.82) is 0 Å². The molecule has 5 rings (SSSR count). The largest absolute Gasteiger partial charge is 0.507 e. The number of ether oxygens (including phenoxy) is 1. The summed E-state index contributed by atoms with van der Waals surface area (Å²) >= 11 is 0. The molecular weight excluding hydrogens is 364 g/mol. The van der Waals surface area contributed by atoms with Crippen LogP contribution in [0.1, 0.15) is 56.9 Å². The van der Waals surface area contributed by atoms with Crippen molar-refractivity contribution >= 4 is 12.0 Å². The Balaban J connectivity index is 1.19. The van der Waals surface area contributed by atoms with Crippen LogP contribution in [0.4, 0.5) is 0 Å². The summed E-state index contributed by atoms with van der Waals surface area (Å²) in [5.74, 6) is -0.131. The lowest BCUT2D eigenvalue weighted by atomic mass is 9.76. The Morgan fingerprint density at radius 1 is 0.931 bits per heavy atom. The van der Waals surface area contributed by atoms with Gasteiger partial charge in [-0.05, 0) is 57.2 Å². The molecular formula is C24H32N2O3. The van der Waals surface area contributed by atoms with E-state index < -0.39 is 0 Å². The van der Waals surface area contributed by atoms with Crippen LogP contribution in [-0.4, -0.2) is 64.2 Å². The van der Waals surface area contributed by atoms with Crippen molar-refractivity contribution in [3.8, 4) is 5.75 Å². The maximum Gasteiger partial charge on any atom is 0.331 e. The van der Waals surface area contributed by atoms with Gasteiger partial charge < -0.3 is 9.84 Å². The molecule has 0 saturated carbocycles. The fourth-order valence-electron chi connectivity index (χ4n) is 6.27. The van der Waals surface area contributed by atoms with Gasteiger partial charge >= 0.3 is 5.97 Å². The minimum Gasteiger partial charge on any atom is -0.507 e. The second-order valence-electron chi connectivity index (χ2n) is 9.27. The van der Waals surface area contributed by atoms with E-state index in [4.69, 9.17) is 4.74 Å². The van der Waals surface area contributed by atoms with E-state index in [2.05, 4.69) is 9.80 Å². The summed E-state index contributed by atoms with van der Waals surface area (Å²) < 4.78 is 5.78. The molecule has 0 spiro atoms. The Morgan fingerprint density at radius 3 is 2.48 bits per heavy atom. The van der Waals surface area contributed by atoms with Crippen LogP contribution in [0.5, 0.6) is 5.75 Å². The summed E-state index contributed by atoms with van der Waals surface area (Å²) in [6, 6.07) is 9.84. The van der Waals surface area contributed by atoms with Gasteiger partial charge in [-0.3, -0.25) is 9.80 Å². The highest BCUT2D eigenvalue weighted by atomic mass is 16.5. The molecule has 1 unspecified atom stereocenters. The first-order chi connectivity index (χ1) is 14.2. The van der Waals surface area contributed by atoms with E-state index in [1.54, 1.807) is 24.3 Å². The Labute approximate surface area is 173 Å². The molecule has 0 amide bonds. The van der Waals surface area contributed by atoms with Crippen LogP contribution < -0.4 is 0 Å². The first kappa shape index (κ1) is 19.1. The van der Waals surface area contributed by atoms with Gasteiger partial charge in [0.1, 0.15) is 11.9 Å². The fourth-order valence-corrected chi connectivity index (χ4v) is 6.27. The first-order valence-corrected chi connectivity index (χ1v) is 11.4. The highest BCUT2D eigenvalue weighted by Crippen LogP contribution is 2.42. The summed E-state index contributed by atoms with van der Waals surface area (Å²) in [4.78, 5) is 17.9. The number of aromatic hydroxyl groups is 1. The molecule has 2 bridgehead atoms. The Hall–Kier alpha value is -1.85. The topological polar surface area (TPSA) is 53.0 Å². The number of hydrogen-bond acceptors (Lipinski definition) is 5. The molecule has 1 aromatic rings. The van der Waals surface area contributed by atoms with Crippen molar-refractivity contribution in [2.45, 2.75) is 81.6 Å². The average molecular weight is 397 g/mol. The second kappa shape index (κ2) is 8.11. The van der Waals surface area contributed by atoms with Crippen molar-refractivity contribution in [3.63, 3.8) is 0 Å². The van der Waals surface area contributed by atoms with E-state index in [9.17, 15) is 9.90 Å². The molecule has 4 fully saturated rings. The van der Waals surface area contributed by atoms with E-state index >= 15 is 0 Å². The van der Waals surface area contributed by atoms with Gasteiger partial charge in [-0.2, -0.15) is 0 Å². The minimum absolute atomic E-state index is 0.00810. The number of esters is 1. The fraction of sp³-hybridized carbons (Fsp3) is 0.625. The summed E-state index contributed by atoms with van der Waals surface area (Å²) in [5, 5.41) is 9.82. The van der Waals surface area contributed by atoms with Crippen LogP contribution in [-0.2, 0) is 9.53 Å². The number of fused-ring (bicyclic) bond motifs is 6. The second-order valence-corrected chi connectivity index (χ2v) is 9.27. The third-order valence-electron chi connectivity index (χ3n) is 7.57. The molecule has 29 heavy (non-hydrogen) atoms. The van der Waals surface area contributed by atoms with E-state index in [0.29, 0.717) is 11.6 Å². The number of carbonyl (C=O) groups excluding carboxylic acids is 1. The van der Waals surface area contributed by atoms with Crippen molar-refractivity contribution in [2.24, 2.45) is 0 Å². The lowest BCUT2D eigenvalue weighted by Gasteiger charge is -2.58. The molecule has 0 radical (unpaired) electrons. The van der Waals surface area contributed by atoms with Crippen molar-refractivity contribution < 1.29 is 14.6 Å². The molecule has 4 aliphatic heterocycles. The predicted octanol–water partition coefficient (Wildman–Crippen LogP) is 3.57. The van der Waals surface area contributed by atoms with E-state index in [0.717, 1.165) is 37.5 Å². The van der Waals surface area contributed by atoms with Crippen LogP contribution in [0, 0.1) is 0 Å². The number of para-hydroxylation sites is 1. The third kappa shape index (κ3) is 3.95. The standard InChI is InChI=1S/C24H32N2O3/c27-23-7-2-1-5-17(23)8-9-24(28)29-22-10-12-26-19-13-18-6-3-4-11-25(18)20(14-19)15-21(26)16-22/h1-2,5,7-9,18-22,27H,3-4,6,10-16H2/b9-8-/t18-,19+,20+,21-,22?/m1/s1. The van der Waals surface area contributed by atoms with Gasteiger partial charge in [0.05, 0.1) is 0 Å². The summed E-state index contributed by atoms with van der Waals surface area (Å²) in [6.45, 7) is 2.33. The molecule has 4 heterocycles. The normalized spacial score (nSPS) is 35.1. The molecule has 4 aliphatic rings. The zero-order valence-corrected chi connectivity index (χ0v) is 17.1. The van der Waals surface area contributed by atoms with Gasteiger partial charge in [-0.1, -0.05) is 24.6 Å². The van der Waals surface area contributed by atoms with Crippen LogP contribution in [0.3, 0.4) is 0 Å². The number of phenols is 1. The average Bonchev–Trinajstić information content (AvgIpc) is 2.73. The molecule has 1 aromatic carbocycles. The number of benzene rings is 1. The number of carbonyl (C=O) groups is 1. The number of nitrogens with zero attached hydrogens (tertiary/aromatic N) is 2. The molecule has 5 heteroatoms. The van der Waals surface area contributed by atoms with Gasteiger partial charge in [0.25, 0.3) is 0 Å². The molecule has 4 saturated heterocycles. The predicted molar refractivity (Wildman–Crippen MR) is 113 cm³/mol. The van der Waals surface area contributed by atoms with Crippen LogP contribution in [0.15, 0.2) is 30.3 Å². The zero-order chi connectivity index (χ0) is 19.8. The quantitative estimate of drug-likeness (QED) is 0.625. The van der Waals surface area contributed by atoms with E-state index in [1.807, 2.05) is 6.07 Å². The van der Waals surface area contributed by atoms with Gasteiger partial charge in [0.15, 0.2) is 0 Å². The van der Waals surface area contributed by atoms with E-state index in [-0.39, 0.29) is 17.8 Å². The zero-order valence-electron chi connectivity index (χ0n) is 17.1. The highest BCUT2D eigenvalue weighted by molar-refractivity contribution is 5.87. The Kier molecular flexibility index (Phi) is 5.35. The third-order valence-corrected chi connectivity index (χ3v) is 7.57. The van der Waals surface area contributed by atoms with Gasteiger partial charge in [-0.25, -0.2) is 4.79 Å². The molecule has 5 nitrogen and oxygen atoms in total.